The molecule has 518 valence electrons. The second kappa shape index (κ2) is 30.0. The molecular formula is C65H105ClN2O21P2. The number of aliphatic hydroxyl groups is 2. The van der Waals surface area contributed by atoms with Crippen LogP contribution >= 0.6 is 26.8 Å². The molecule has 10 rings (SSSR count). The summed E-state index contributed by atoms with van der Waals surface area (Å²) >= 11 is 5.06. The predicted molar refractivity (Wildman–Crippen MR) is 333 cm³/mol. The van der Waals surface area contributed by atoms with Crippen LogP contribution in [0.1, 0.15) is 233 Å². The number of alkyl halides is 1. The van der Waals surface area contributed by atoms with E-state index in [1.54, 1.807) is 41.5 Å². The third-order valence-electron chi connectivity index (χ3n) is 22.8. The van der Waals surface area contributed by atoms with E-state index in [2.05, 4.69) is 47.5 Å². The molecule has 23 nitrogen and oxygen atoms in total. The molecule has 8 aliphatic carbocycles. The van der Waals surface area contributed by atoms with Crippen molar-refractivity contribution >= 4 is 45.3 Å². The van der Waals surface area contributed by atoms with E-state index in [9.17, 15) is 33.7 Å². The van der Waals surface area contributed by atoms with Gasteiger partial charge in [-0.25, -0.2) is 14.4 Å². The van der Waals surface area contributed by atoms with Gasteiger partial charge in [-0.2, -0.15) is 0 Å². The predicted octanol–water partition coefficient (Wildman–Crippen LogP) is 15.2. The SMILES string of the molecule is CC(C)OC(=O)OCCl.CC(C)OC(=O)OCOP(=O)(COCc1cc([C@H]2CCC3C4CCC5C[C@](C)(O)CC[C@]5(C)C4CC[C@@]32C)no1)OCOC(=O)OC(C)C.C[C@@]1(O)CC[C@@]2(C)C(CCC3C2CC[C@@]2(C)C3CC[C@@H]2c2cc(COCP(=O)(O)O)on2)C1. The maximum absolute atomic E-state index is 13.4. The van der Waals surface area contributed by atoms with E-state index < -0.39 is 83.3 Å². The van der Waals surface area contributed by atoms with Crippen molar-refractivity contribution < 1.29 is 99.5 Å². The van der Waals surface area contributed by atoms with Gasteiger partial charge in [0.05, 0.1) is 40.9 Å². The Bertz CT molecular complexity index is 2810. The van der Waals surface area contributed by atoms with Gasteiger partial charge in [-0.05, 0) is 240 Å². The van der Waals surface area contributed by atoms with Gasteiger partial charge >= 0.3 is 33.7 Å². The third-order valence-corrected chi connectivity index (χ3v) is 24.9. The van der Waals surface area contributed by atoms with E-state index in [4.69, 9.17) is 67.9 Å². The molecule has 8 saturated carbocycles. The molecule has 2 heterocycles. The highest BCUT2D eigenvalue weighted by atomic mass is 35.5. The standard InChI is InChI=1S/C35H56NO12P.C25H40NO6P.C5H9ClO3/c1-22(2)46-31(37)42-19-44-49(40,45-20-43-32(38)47-23(3)4)21-41-18-25-16-30(36-48-25)29-11-10-27-26-9-8-24-17-33(5,39)14-15-34(24,6)28(26)12-13-35(27,29)7;1-23(27)10-11-24(2)16(13-23)4-5-18-19-6-7-21(25(19,3)9-8-20(18)24)22-12-17(32-26-22)14-31-15-33(28,29)30;1-4(2)9-5(7)8-3-6/h16,22-24,26-29,39H,8-15,17-21H2,1-7H3;12,16,18-21,27H,4-11,13-15H2,1-3H3,(H2,28,29,30);4H,3H2,1-2H3/t24?,26?,27?,28?,29-,33-,34+,35+;16?,18?,19?,20?,21-,23-,24+,25+;/m11./s1. The van der Waals surface area contributed by atoms with Gasteiger partial charge in [0.2, 0.25) is 13.6 Å². The zero-order valence-corrected chi connectivity index (χ0v) is 58.3. The molecule has 4 N–H and O–H groups in total. The van der Waals surface area contributed by atoms with Crippen molar-refractivity contribution in [2.75, 3.05) is 32.3 Å². The maximum Gasteiger partial charge on any atom is 0.510 e. The fourth-order valence-corrected chi connectivity index (χ4v) is 20.0. The number of rotatable bonds is 20. The molecule has 8 unspecified atom stereocenters. The van der Waals surface area contributed by atoms with Crippen molar-refractivity contribution in [1.82, 2.24) is 10.3 Å². The van der Waals surface area contributed by atoms with E-state index in [0.29, 0.717) is 63.8 Å². The monoisotopic (exact) mass is 1350 g/mol. The summed E-state index contributed by atoms with van der Waals surface area (Å²) in [6, 6.07) is 3.70. The molecule has 0 radical (unpaired) electrons. The number of halogens is 1. The van der Waals surface area contributed by atoms with Crippen molar-refractivity contribution in [3.05, 3.63) is 35.0 Å². The molecule has 0 bridgehead atoms. The molecule has 0 saturated heterocycles. The van der Waals surface area contributed by atoms with Crippen LogP contribution in [-0.2, 0) is 69.3 Å². The lowest BCUT2D eigenvalue weighted by molar-refractivity contribution is -0.143. The zero-order chi connectivity index (χ0) is 66.5. The van der Waals surface area contributed by atoms with Crippen molar-refractivity contribution in [3.63, 3.8) is 0 Å². The van der Waals surface area contributed by atoms with E-state index in [0.717, 1.165) is 81.0 Å². The van der Waals surface area contributed by atoms with Crippen molar-refractivity contribution in [2.24, 2.45) is 69.0 Å². The molecule has 0 aromatic carbocycles. The second-order valence-electron chi connectivity index (χ2n) is 30.0. The second-order valence-corrected chi connectivity index (χ2v) is 33.8. The topological polar surface area (TPSA) is 311 Å². The fraction of sp³-hybridized carbons (Fsp3) is 0.862. The summed E-state index contributed by atoms with van der Waals surface area (Å²) in [6.45, 7) is 22.6. The van der Waals surface area contributed by atoms with Gasteiger partial charge in [0.1, 0.15) is 25.9 Å². The summed E-state index contributed by atoms with van der Waals surface area (Å²) in [5.41, 5.74) is 1.89. The highest BCUT2D eigenvalue weighted by molar-refractivity contribution is 7.53. The molecule has 0 spiro atoms. The Balaban J connectivity index is 0.000000217. The van der Waals surface area contributed by atoms with Gasteiger partial charge < -0.3 is 66.9 Å². The number of carbonyl (C=O) groups excluding carboxylic acids is 3. The van der Waals surface area contributed by atoms with Crippen LogP contribution in [-0.4, -0.2) is 111 Å². The molecular weight excluding hydrogens is 1240 g/mol. The first-order chi connectivity index (χ1) is 42.6. The van der Waals surface area contributed by atoms with Crippen molar-refractivity contribution in [2.45, 2.75) is 253 Å². The van der Waals surface area contributed by atoms with Crippen LogP contribution in [0, 0.1) is 69.0 Å². The number of ether oxygens (including phenoxy) is 8. The first-order valence-electron chi connectivity index (χ1n) is 33.1. The summed E-state index contributed by atoms with van der Waals surface area (Å²) < 4.78 is 85.0. The van der Waals surface area contributed by atoms with E-state index >= 15 is 0 Å². The third kappa shape index (κ3) is 18.0. The number of fused-ring (bicyclic) bond motifs is 10. The van der Waals surface area contributed by atoms with Crippen LogP contribution in [0.2, 0.25) is 0 Å². The van der Waals surface area contributed by atoms with Gasteiger partial charge in [0.25, 0.3) is 0 Å². The van der Waals surface area contributed by atoms with Crippen LogP contribution in [0.5, 0.6) is 0 Å². The van der Waals surface area contributed by atoms with Crippen molar-refractivity contribution in [3.8, 4) is 0 Å². The number of aromatic nitrogens is 2. The smallest absolute Gasteiger partial charge is 0.432 e. The largest absolute Gasteiger partial charge is 0.510 e. The Morgan fingerprint density at radius 2 is 0.923 bits per heavy atom. The van der Waals surface area contributed by atoms with Crippen LogP contribution in [0.25, 0.3) is 0 Å². The van der Waals surface area contributed by atoms with Gasteiger partial charge in [-0.3, -0.25) is 18.2 Å². The summed E-state index contributed by atoms with van der Waals surface area (Å²) in [6.07, 6.45) is 15.5. The number of nitrogens with zero attached hydrogens (tertiary/aromatic N) is 2. The molecule has 0 aliphatic heterocycles. The number of hydrogen-bond acceptors (Lipinski definition) is 21. The highest BCUT2D eigenvalue weighted by Gasteiger charge is 2.63. The first-order valence-corrected chi connectivity index (χ1v) is 37.2. The Kier molecular flexibility index (Phi) is 24.2. The summed E-state index contributed by atoms with van der Waals surface area (Å²) in [4.78, 5) is 51.7. The summed E-state index contributed by atoms with van der Waals surface area (Å²) in [5.74, 6) is 7.15. The molecule has 91 heavy (non-hydrogen) atoms. The van der Waals surface area contributed by atoms with Crippen molar-refractivity contribution in [1.29, 1.82) is 0 Å². The van der Waals surface area contributed by atoms with Crippen LogP contribution in [0.4, 0.5) is 14.4 Å². The highest BCUT2D eigenvalue weighted by Crippen LogP contribution is 2.71. The van der Waals surface area contributed by atoms with E-state index in [1.807, 2.05) is 26.0 Å². The van der Waals surface area contributed by atoms with Gasteiger partial charge in [0, 0.05) is 24.0 Å². The Labute approximate surface area is 542 Å². The van der Waals surface area contributed by atoms with E-state index in [-0.39, 0.29) is 42.1 Å². The minimum Gasteiger partial charge on any atom is -0.432 e. The molecule has 2 aromatic heterocycles. The first kappa shape index (κ1) is 73.5. The Morgan fingerprint density at radius 1 is 0.538 bits per heavy atom. The van der Waals surface area contributed by atoms with Crippen LogP contribution in [0.3, 0.4) is 0 Å². The average molecular weight is 1350 g/mol. The number of carbonyl (C=O) groups is 3. The van der Waals surface area contributed by atoms with Gasteiger partial charge in [-0.15, -0.1) is 0 Å². The number of hydrogen-bond donors (Lipinski definition) is 4. The normalized spacial score (nSPS) is 35.8. The van der Waals surface area contributed by atoms with E-state index in [1.165, 1.54) is 57.8 Å². The summed E-state index contributed by atoms with van der Waals surface area (Å²) in [5, 5.41) is 30.4. The molecule has 8 aliphatic rings. The zero-order valence-electron chi connectivity index (χ0n) is 55.7. The lowest BCUT2D eigenvalue weighted by Crippen LogP contribution is -2.55. The van der Waals surface area contributed by atoms with Gasteiger partial charge in [-0.1, -0.05) is 49.6 Å². The summed E-state index contributed by atoms with van der Waals surface area (Å²) in [7, 11) is -8.27. The molecule has 0 amide bonds. The lowest BCUT2D eigenvalue weighted by atomic mass is 9.44. The average Bonchev–Trinajstić information content (AvgIpc) is 1.71. The Morgan fingerprint density at radius 3 is 1.31 bits per heavy atom. The maximum atomic E-state index is 13.4. The molecule has 16 atom stereocenters. The fourth-order valence-electron chi connectivity index (χ4n) is 18.6. The molecule has 8 fully saturated rings. The Hall–Kier alpha value is -3.34. The lowest BCUT2D eigenvalue weighted by Gasteiger charge is -2.61. The van der Waals surface area contributed by atoms with Crippen LogP contribution < -0.4 is 0 Å². The van der Waals surface area contributed by atoms with Gasteiger partial charge in [0.15, 0.2) is 17.6 Å². The molecule has 26 heteroatoms. The minimum absolute atomic E-state index is 0.0270. The molecule has 2 aromatic rings. The van der Waals surface area contributed by atoms with Crippen LogP contribution in [0.15, 0.2) is 21.2 Å². The quantitative estimate of drug-likeness (QED) is 0.0315. The minimum atomic E-state index is -4.18.